The maximum atomic E-state index is 12.0. The number of amides is 2. The number of rotatable bonds is 5. The van der Waals surface area contributed by atoms with E-state index in [1.165, 1.54) is 11.3 Å². The van der Waals surface area contributed by atoms with Crippen LogP contribution < -0.4 is 5.32 Å². The molecule has 0 radical (unpaired) electrons. The van der Waals surface area contributed by atoms with Gasteiger partial charge in [-0.2, -0.15) is 5.26 Å². The minimum atomic E-state index is -0.119. The van der Waals surface area contributed by atoms with E-state index >= 15 is 0 Å². The molecule has 0 saturated heterocycles. The summed E-state index contributed by atoms with van der Waals surface area (Å²) >= 11 is 7.40. The molecule has 0 unspecified atom stereocenters. The van der Waals surface area contributed by atoms with Crippen molar-refractivity contribution < 1.29 is 4.79 Å². The van der Waals surface area contributed by atoms with Crippen molar-refractivity contribution in [2.45, 2.75) is 13.0 Å². The highest BCUT2D eigenvalue weighted by Gasteiger charge is 2.08. The van der Waals surface area contributed by atoms with Gasteiger partial charge in [0.15, 0.2) is 0 Å². The first-order valence-corrected chi connectivity index (χ1v) is 8.00. The second-order valence-electron chi connectivity index (χ2n) is 4.85. The quantitative estimate of drug-likeness (QED) is 0.907. The van der Waals surface area contributed by atoms with E-state index in [2.05, 4.69) is 11.4 Å². The summed E-state index contributed by atoms with van der Waals surface area (Å²) in [7, 11) is 1.75. The summed E-state index contributed by atoms with van der Waals surface area (Å²) in [6, 6.07) is 13.0. The number of hydrogen-bond acceptors (Lipinski definition) is 3. The van der Waals surface area contributed by atoms with Crippen molar-refractivity contribution in [1.29, 1.82) is 5.26 Å². The number of nitrogens with zero attached hydrogens (tertiary/aromatic N) is 2. The molecular weight excluding hydrogens is 318 g/mol. The Bertz CT molecular complexity index is 675. The molecule has 4 nitrogen and oxygen atoms in total. The number of nitriles is 1. The van der Waals surface area contributed by atoms with Crippen LogP contribution in [0.25, 0.3) is 0 Å². The Balaban J connectivity index is 1.77. The fraction of sp³-hybridized carbons (Fsp3) is 0.250. The first-order chi connectivity index (χ1) is 10.6. The van der Waals surface area contributed by atoms with E-state index in [9.17, 15) is 4.79 Å². The number of nitrogens with one attached hydrogen (secondary N) is 1. The summed E-state index contributed by atoms with van der Waals surface area (Å²) in [5.74, 6) is 0. The number of hydrogen-bond donors (Lipinski definition) is 1. The van der Waals surface area contributed by atoms with E-state index in [0.29, 0.717) is 18.7 Å². The molecule has 2 aromatic rings. The molecule has 1 aromatic heterocycles. The normalized spacial score (nSPS) is 10.0. The lowest BCUT2D eigenvalue weighted by Gasteiger charge is -2.18. The molecule has 0 atom stereocenters. The first kappa shape index (κ1) is 16.3. The lowest BCUT2D eigenvalue weighted by atomic mass is 10.1. The van der Waals surface area contributed by atoms with Gasteiger partial charge in [-0.3, -0.25) is 0 Å². The molecule has 0 fully saturated rings. The van der Waals surface area contributed by atoms with E-state index in [-0.39, 0.29) is 6.03 Å². The van der Waals surface area contributed by atoms with Crippen LogP contribution in [0.3, 0.4) is 0 Å². The Morgan fingerprint density at radius 3 is 2.64 bits per heavy atom. The van der Waals surface area contributed by atoms with Crippen molar-refractivity contribution in [1.82, 2.24) is 10.2 Å². The average Bonchev–Trinajstić information content (AvgIpc) is 2.93. The van der Waals surface area contributed by atoms with Crippen molar-refractivity contribution in [2.24, 2.45) is 0 Å². The summed E-state index contributed by atoms with van der Waals surface area (Å²) in [6.45, 7) is 1.08. The van der Waals surface area contributed by atoms with E-state index in [1.807, 2.05) is 24.3 Å². The number of thiophene rings is 1. The van der Waals surface area contributed by atoms with Gasteiger partial charge in [0.2, 0.25) is 0 Å². The standard InChI is InChI=1S/C16H16ClN3OS/c1-20(11-13-4-2-12(10-18)3-5-13)16(21)19-9-8-14-6-7-15(17)22-14/h2-7H,8-9,11H2,1H3,(H,19,21). The van der Waals surface area contributed by atoms with Crippen molar-refractivity contribution in [2.75, 3.05) is 13.6 Å². The summed E-state index contributed by atoms with van der Waals surface area (Å²) in [4.78, 5) is 14.8. The van der Waals surface area contributed by atoms with Crippen molar-refractivity contribution in [3.05, 3.63) is 56.7 Å². The summed E-state index contributed by atoms with van der Waals surface area (Å²) < 4.78 is 0.763. The summed E-state index contributed by atoms with van der Waals surface area (Å²) in [6.07, 6.45) is 0.772. The van der Waals surface area contributed by atoms with Crippen LogP contribution in [-0.4, -0.2) is 24.5 Å². The van der Waals surface area contributed by atoms with Gasteiger partial charge in [0.05, 0.1) is 16.0 Å². The SMILES string of the molecule is CN(Cc1ccc(C#N)cc1)C(=O)NCCc1ccc(Cl)s1. The fourth-order valence-electron chi connectivity index (χ4n) is 1.94. The third-order valence-corrected chi connectivity index (χ3v) is 4.42. The zero-order valence-electron chi connectivity index (χ0n) is 12.2. The molecule has 1 aromatic carbocycles. The zero-order chi connectivity index (χ0) is 15.9. The minimum absolute atomic E-state index is 0.119. The molecule has 0 aliphatic carbocycles. The predicted molar refractivity (Wildman–Crippen MR) is 89.1 cm³/mol. The molecule has 0 spiro atoms. The van der Waals surface area contributed by atoms with Crippen molar-refractivity contribution in [3.63, 3.8) is 0 Å². The van der Waals surface area contributed by atoms with Crippen LogP contribution in [0.15, 0.2) is 36.4 Å². The van der Waals surface area contributed by atoms with Gasteiger partial charge in [0.1, 0.15) is 0 Å². The molecular formula is C16H16ClN3OS. The molecule has 2 amide bonds. The Morgan fingerprint density at radius 1 is 1.32 bits per heavy atom. The van der Waals surface area contributed by atoms with Crippen LogP contribution in [0.1, 0.15) is 16.0 Å². The molecule has 6 heteroatoms. The van der Waals surface area contributed by atoms with Gasteiger partial charge < -0.3 is 10.2 Å². The van der Waals surface area contributed by atoms with Crippen LogP contribution >= 0.6 is 22.9 Å². The number of urea groups is 1. The van der Waals surface area contributed by atoms with Crippen LogP contribution in [0.4, 0.5) is 4.79 Å². The third kappa shape index (κ3) is 4.76. The fourth-order valence-corrected chi connectivity index (χ4v) is 3.03. The monoisotopic (exact) mass is 333 g/mol. The lowest BCUT2D eigenvalue weighted by molar-refractivity contribution is 0.207. The molecule has 0 saturated carbocycles. The lowest BCUT2D eigenvalue weighted by Crippen LogP contribution is -2.37. The maximum absolute atomic E-state index is 12.0. The summed E-state index contributed by atoms with van der Waals surface area (Å²) in [5.41, 5.74) is 1.60. The van der Waals surface area contributed by atoms with Gasteiger partial charge in [-0.05, 0) is 36.2 Å². The highest BCUT2D eigenvalue weighted by atomic mass is 35.5. The van der Waals surface area contributed by atoms with Crippen LogP contribution in [0.5, 0.6) is 0 Å². The van der Waals surface area contributed by atoms with Gasteiger partial charge in [-0.25, -0.2) is 4.79 Å². The average molecular weight is 334 g/mol. The van der Waals surface area contributed by atoms with Crippen molar-refractivity contribution >= 4 is 29.0 Å². The Morgan fingerprint density at radius 2 is 2.05 bits per heavy atom. The van der Waals surface area contributed by atoms with Crippen LogP contribution in [0.2, 0.25) is 4.34 Å². The molecule has 2 rings (SSSR count). The van der Waals surface area contributed by atoms with Crippen molar-refractivity contribution in [3.8, 4) is 6.07 Å². The second-order valence-corrected chi connectivity index (χ2v) is 6.65. The van der Waals surface area contributed by atoms with E-state index in [1.54, 1.807) is 24.1 Å². The van der Waals surface area contributed by atoms with Gasteiger partial charge in [0.25, 0.3) is 0 Å². The third-order valence-electron chi connectivity index (χ3n) is 3.13. The largest absolute Gasteiger partial charge is 0.338 e. The minimum Gasteiger partial charge on any atom is -0.338 e. The number of carbonyl (C=O) groups excluding carboxylic acids is 1. The molecule has 0 bridgehead atoms. The van der Waals surface area contributed by atoms with E-state index in [4.69, 9.17) is 16.9 Å². The molecule has 22 heavy (non-hydrogen) atoms. The Kier molecular flexibility index (Phi) is 5.82. The first-order valence-electron chi connectivity index (χ1n) is 6.80. The van der Waals surface area contributed by atoms with Gasteiger partial charge >= 0.3 is 6.03 Å². The number of halogens is 1. The number of benzene rings is 1. The molecule has 114 valence electrons. The smallest absolute Gasteiger partial charge is 0.317 e. The second kappa shape index (κ2) is 7.83. The van der Waals surface area contributed by atoms with Crippen LogP contribution in [0, 0.1) is 11.3 Å². The molecule has 0 aliphatic rings. The Labute approximate surface area is 138 Å². The highest BCUT2D eigenvalue weighted by Crippen LogP contribution is 2.21. The van der Waals surface area contributed by atoms with Gasteiger partial charge in [-0.1, -0.05) is 23.7 Å². The number of carbonyl (C=O) groups is 1. The maximum Gasteiger partial charge on any atom is 0.317 e. The molecule has 0 aliphatic heterocycles. The summed E-state index contributed by atoms with van der Waals surface area (Å²) in [5, 5.41) is 11.6. The predicted octanol–water partition coefficient (Wildman–Crippen LogP) is 3.66. The topological polar surface area (TPSA) is 56.1 Å². The highest BCUT2D eigenvalue weighted by molar-refractivity contribution is 7.16. The van der Waals surface area contributed by atoms with Gasteiger partial charge in [0, 0.05) is 25.0 Å². The molecule has 1 N–H and O–H groups in total. The zero-order valence-corrected chi connectivity index (χ0v) is 13.7. The van der Waals surface area contributed by atoms with E-state index < -0.39 is 0 Å². The van der Waals surface area contributed by atoms with E-state index in [0.717, 1.165) is 21.2 Å². The van der Waals surface area contributed by atoms with Gasteiger partial charge in [-0.15, -0.1) is 11.3 Å². The Hall–Kier alpha value is -2.03. The van der Waals surface area contributed by atoms with Crippen LogP contribution in [-0.2, 0) is 13.0 Å². The molecule has 1 heterocycles.